The molecule has 0 unspecified atom stereocenters. The lowest BCUT2D eigenvalue weighted by molar-refractivity contribution is 0.629. The molecule has 5 heteroatoms. The molecule has 0 aliphatic rings. The highest BCUT2D eigenvalue weighted by Gasteiger charge is 2.19. The van der Waals surface area contributed by atoms with E-state index >= 15 is 0 Å². The van der Waals surface area contributed by atoms with E-state index in [-0.39, 0.29) is 5.82 Å². The van der Waals surface area contributed by atoms with Crippen molar-refractivity contribution in [3.05, 3.63) is 95.8 Å². The van der Waals surface area contributed by atoms with Crippen molar-refractivity contribution < 1.29 is 4.39 Å². The number of halogens is 1. The summed E-state index contributed by atoms with van der Waals surface area (Å²) in [4.78, 5) is 0. The Morgan fingerprint density at radius 2 is 1.56 bits per heavy atom. The second-order valence-electron chi connectivity index (χ2n) is 6.18. The van der Waals surface area contributed by atoms with Crippen LogP contribution in [0, 0.1) is 12.7 Å². The van der Waals surface area contributed by atoms with Crippen LogP contribution < -0.4 is 0 Å². The van der Waals surface area contributed by atoms with Crippen LogP contribution in [0.5, 0.6) is 0 Å². The molecule has 0 bridgehead atoms. The van der Waals surface area contributed by atoms with Gasteiger partial charge in [-0.3, -0.25) is 4.57 Å². The van der Waals surface area contributed by atoms with Gasteiger partial charge in [0.15, 0.2) is 11.0 Å². The molecule has 134 valence electrons. The van der Waals surface area contributed by atoms with Crippen LogP contribution in [0.15, 0.2) is 84.0 Å². The van der Waals surface area contributed by atoms with E-state index in [4.69, 9.17) is 0 Å². The van der Waals surface area contributed by atoms with Crippen LogP contribution in [-0.2, 0) is 5.75 Å². The van der Waals surface area contributed by atoms with Gasteiger partial charge in [-0.05, 0) is 36.2 Å². The molecular weight excluding hydrogens is 357 g/mol. The van der Waals surface area contributed by atoms with E-state index in [9.17, 15) is 4.39 Å². The van der Waals surface area contributed by atoms with Crippen LogP contribution in [0.2, 0.25) is 0 Å². The Bertz CT molecular complexity index is 1060. The minimum absolute atomic E-state index is 0.306. The van der Waals surface area contributed by atoms with Gasteiger partial charge in [0.05, 0.1) is 11.3 Å². The van der Waals surface area contributed by atoms with Crippen molar-refractivity contribution in [2.75, 3.05) is 0 Å². The van der Waals surface area contributed by atoms with Crippen LogP contribution in [0.3, 0.4) is 0 Å². The normalized spacial score (nSPS) is 10.9. The summed E-state index contributed by atoms with van der Waals surface area (Å²) in [5.74, 6) is 0.972. The third-order valence-corrected chi connectivity index (χ3v) is 5.32. The van der Waals surface area contributed by atoms with Crippen molar-refractivity contribution in [1.29, 1.82) is 0 Å². The van der Waals surface area contributed by atoms with Gasteiger partial charge in [-0.1, -0.05) is 72.4 Å². The number of benzene rings is 3. The zero-order chi connectivity index (χ0) is 18.6. The largest absolute Gasteiger partial charge is 0.270 e. The molecule has 4 aromatic rings. The molecular formula is C22H18FN3S. The molecule has 1 heterocycles. The highest BCUT2D eigenvalue weighted by Crippen LogP contribution is 2.31. The lowest BCUT2D eigenvalue weighted by Gasteiger charge is -2.13. The van der Waals surface area contributed by atoms with E-state index in [1.54, 1.807) is 23.9 Å². The van der Waals surface area contributed by atoms with E-state index in [0.717, 1.165) is 22.2 Å². The van der Waals surface area contributed by atoms with E-state index < -0.39 is 0 Å². The third kappa shape index (κ3) is 3.64. The number of aryl methyl sites for hydroxylation is 1. The van der Waals surface area contributed by atoms with Crippen LogP contribution >= 0.6 is 11.8 Å². The summed E-state index contributed by atoms with van der Waals surface area (Å²) < 4.78 is 16.4. The highest BCUT2D eigenvalue weighted by atomic mass is 32.2. The molecule has 0 saturated heterocycles. The average molecular weight is 375 g/mol. The summed E-state index contributed by atoms with van der Waals surface area (Å²) in [7, 11) is 0. The Morgan fingerprint density at radius 1 is 0.852 bits per heavy atom. The van der Waals surface area contributed by atoms with Crippen molar-refractivity contribution in [2.45, 2.75) is 17.8 Å². The van der Waals surface area contributed by atoms with Crippen molar-refractivity contribution in [2.24, 2.45) is 0 Å². The number of aromatic nitrogens is 3. The molecule has 0 fully saturated rings. The zero-order valence-corrected chi connectivity index (χ0v) is 15.7. The van der Waals surface area contributed by atoms with Crippen molar-refractivity contribution in [3.63, 3.8) is 0 Å². The van der Waals surface area contributed by atoms with E-state index in [0.29, 0.717) is 11.4 Å². The van der Waals surface area contributed by atoms with Gasteiger partial charge in [0.1, 0.15) is 5.82 Å². The maximum atomic E-state index is 14.4. The Labute approximate surface area is 161 Å². The number of nitrogens with zero attached hydrogens (tertiary/aromatic N) is 3. The van der Waals surface area contributed by atoms with Gasteiger partial charge >= 0.3 is 0 Å². The molecule has 4 rings (SSSR count). The first kappa shape index (κ1) is 17.5. The highest BCUT2D eigenvalue weighted by molar-refractivity contribution is 7.98. The van der Waals surface area contributed by atoms with Gasteiger partial charge in [-0.2, -0.15) is 0 Å². The van der Waals surface area contributed by atoms with Crippen molar-refractivity contribution >= 4 is 11.8 Å². The van der Waals surface area contributed by atoms with E-state index in [1.165, 1.54) is 11.6 Å². The SMILES string of the molecule is Cc1ccccc1-n1c(SCc2ccccc2)nnc1-c1ccccc1F. The molecule has 27 heavy (non-hydrogen) atoms. The van der Waals surface area contributed by atoms with E-state index in [2.05, 4.69) is 22.3 Å². The molecule has 0 aliphatic heterocycles. The Kier molecular flexibility index (Phi) is 5.03. The number of para-hydroxylation sites is 1. The first-order chi connectivity index (χ1) is 13.2. The summed E-state index contributed by atoms with van der Waals surface area (Å²) in [6.07, 6.45) is 0. The maximum Gasteiger partial charge on any atom is 0.196 e. The first-order valence-electron chi connectivity index (χ1n) is 8.67. The van der Waals surface area contributed by atoms with Gasteiger partial charge in [-0.25, -0.2) is 4.39 Å². The molecule has 0 atom stereocenters. The van der Waals surface area contributed by atoms with Gasteiger partial charge in [0.2, 0.25) is 0 Å². The Morgan fingerprint density at radius 3 is 2.33 bits per heavy atom. The summed E-state index contributed by atoms with van der Waals surface area (Å²) >= 11 is 1.59. The Hall–Kier alpha value is -2.92. The predicted octanol–water partition coefficient (Wildman–Crippen LogP) is 5.67. The minimum atomic E-state index is -0.306. The van der Waals surface area contributed by atoms with Gasteiger partial charge < -0.3 is 0 Å². The lowest BCUT2D eigenvalue weighted by Crippen LogP contribution is -2.02. The average Bonchev–Trinajstić information content (AvgIpc) is 3.11. The quantitative estimate of drug-likeness (QED) is 0.421. The van der Waals surface area contributed by atoms with Crippen molar-refractivity contribution in [3.8, 4) is 17.1 Å². The fourth-order valence-electron chi connectivity index (χ4n) is 2.93. The van der Waals surface area contributed by atoms with Crippen LogP contribution in [0.4, 0.5) is 4.39 Å². The fraction of sp³-hybridized carbons (Fsp3) is 0.0909. The molecule has 0 amide bonds. The molecule has 0 radical (unpaired) electrons. The topological polar surface area (TPSA) is 30.7 Å². The third-order valence-electron chi connectivity index (χ3n) is 4.32. The second-order valence-corrected chi connectivity index (χ2v) is 7.12. The molecule has 0 saturated carbocycles. The molecule has 1 aromatic heterocycles. The van der Waals surface area contributed by atoms with Gasteiger partial charge in [0.25, 0.3) is 0 Å². The van der Waals surface area contributed by atoms with Crippen LogP contribution in [0.1, 0.15) is 11.1 Å². The summed E-state index contributed by atoms with van der Waals surface area (Å²) in [5.41, 5.74) is 3.68. The zero-order valence-electron chi connectivity index (χ0n) is 14.8. The molecule has 3 nitrogen and oxygen atoms in total. The molecule has 0 N–H and O–H groups in total. The number of hydrogen-bond acceptors (Lipinski definition) is 3. The molecule has 3 aromatic carbocycles. The van der Waals surface area contributed by atoms with Gasteiger partial charge in [0, 0.05) is 5.75 Å². The lowest BCUT2D eigenvalue weighted by atomic mass is 10.1. The van der Waals surface area contributed by atoms with Crippen LogP contribution in [-0.4, -0.2) is 14.8 Å². The standard InChI is InChI=1S/C22H18FN3S/c1-16-9-5-8-14-20(16)26-21(18-12-6-7-13-19(18)23)24-25-22(26)27-15-17-10-3-2-4-11-17/h2-14H,15H2,1H3. The van der Waals surface area contributed by atoms with Crippen molar-refractivity contribution in [1.82, 2.24) is 14.8 Å². The molecule has 0 spiro atoms. The minimum Gasteiger partial charge on any atom is -0.270 e. The number of hydrogen-bond donors (Lipinski definition) is 0. The van der Waals surface area contributed by atoms with Crippen LogP contribution in [0.25, 0.3) is 17.1 Å². The number of thioether (sulfide) groups is 1. The Balaban J connectivity index is 1.80. The summed E-state index contributed by atoms with van der Waals surface area (Å²) in [6.45, 7) is 2.03. The van der Waals surface area contributed by atoms with E-state index in [1.807, 2.05) is 60.0 Å². The maximum absolute atomic E-state index is 14.4. The summed E-state index contributed by atoms with van der Waals surface area (Å²) in [6, 6.07) is 24.9. The second kappa shape index (κ2) is 7.76. The van der Waals surface area contributed by atoms with Gasteiger partial charge in [-0.15, -0.1) is 10.2 Å². The number of rotatable bonds is 5. The summed E-state index contributed by atoms with van der Waals surface area (Å²) in [5, 5.41) is 9.45. The smallest absolute Gasteiger partial charge is 0.196 e. The first-order valence-corrected chi connectivity index (χ1v) is 9.65. The predicted molar refractivity (Wildman–Crippen MR) is 107 cm³/mol. The fourth-order valence-corrected chi connectivity index (χ4v) is 3.83. The molecule has 0 aliphatic carbocycles. The monoisotopic (exact) mass is 375 g/mol.